The molecule has 7 nitrogen and oxygen atoms in total. The van der Waals surface area contributed by atoms with E-state index in [-0.39, 0.29) is 11.7 Å². The number of allylic oxidation sites excluding steroid dienone is 1. The minimum absolute atomic E-state index is 0.155. The van der Waals surface area contributed by atoms with Crippen LogP contribution in [-0.2, 0) is 29.9 Å². The number of aryl methyl sites for hydroxylation is 1. The van der Waals surface area contributed by atoms with Crippen LogP contribution >= 0.6 is 34.9 Å². The van der Waals surface area contributed by atoms with E-state index in [0.717, 1.165) is 46.8 Å². The average molecular weight is 500 g/mol. The molecule has 0 atom stereocenters. The molecule has 4 rings (SSSR count). The second-order valence-corrected chi connectivity index (χ2v) is 10.6. The Hall–Kier alpha value is -2.56. The van der Waals surface area contributed by atoms with Crippen LogP contribution in [0.1, 0.15) is 39.5 Å². The van der Waals surface area contributed by atoms with Crippen molar-refractivity contribution in [2.75, 3.05) is 11.1 Å². The van der Waals surface area contributed by atoms with Crippen LogP contribution in [0.2, 0.25) is 0 Å². The van der Waals surface area contributed by atoms with Gasteiger partial charge in [-0.1, -0.05) is 36.0 Å². The number of benzene rings is 1. The van der Waals surface area contributed by atoms with Gasteiger partial charge in [-0.3, -0.25) is 9.59 Å². The zero-order valence-electron chi connectivity index (χ0n) is 18.1. The maximum atomic E-state index is 12.7. The number of carbonyl (C=O) groups excluding carboxylic acids is 2. The van der Waals surface area contributed by atoms with Gasteiger partial charge in [0.2, 0.25) is 5.91 Å². The Bertz CT molecular complexity index is 1160. The molecule has 10 heteroatoms. The van der Waals surface area contributed by atoms with E-state index in [1.165, 1.54) is 23.1 Å². The Morgan fingerprint density at radius 3 is 2.73 bits per heavy atom. The highest BCUT2D eigenvalue weighted by molar-refractivity contribution is 7.99. The molecule has 2 aromatic heterocycles. The smallest absolute Gasteiger partial charge is 0.251 e. The lowest BCUT2D eigenvalue weighted by Crippen LogP contribution is -2.19. The van der Waals surface area contributed by atoms with Crippen molar-refractivity contribution in [3.63, 3.8) is 0 Å². The highest BCUT2D eigenvalue weighted by Crippen LogP contribution is 2.38. The lowest BCUT2D eigenvalue weighted by molar-refractivity contribution is -0.113. The van der Waals surface area contributed by atoms with E-state index in [9.17, 15) is 9.59 Å². The maximum absolute atomic E-state index is 12.7. The van der Waals surface area contributed by atoms with E-state index in [4.69, 9.17) is 5.73 Å². The molecule has 1 aliphatic carbocycles. The Balaban J connectivity index is 1.41. The lowest BCUT2D eigenvalue weighted by atomic mass is 9.95. The Kier molecular flexibility index (Phi) is 7.89. The summed E-state index contributed by atoms with van der Waals surface area (Å²) in [4.78, 5) is 27.1. The molecule has 0 fully saturated rings. The molecule has 2 amide bonds. The third-order valence-corrected chi connectivity index (χ3v) is 8.40. The molecule has 1 aromatic carbocycles. The number of anilines is 1. The lowest BCUT2D eigenvalue weighted by Gasteiger charge is -2.11. The summed E-state index contributed by atoms with van der Waals surface area (Å²) < 4.78 is 1.97. The minimum atomic E-state index is -0.483. The number of carbonyl (C=O) groups is 2. The van der Waals surface area contributed by atoms with Crippen molar-refractivity contribution < 1.29 is 9.59 Å². The number of rotatable bonds is 10. The third kappa shape index (κ3) is 5.69. The average Bonchev–Trinajstić information content (AvgIpc) is 3.37. The summed E-state index contributed by atoms with van der Waals surface area (Å²) in [5.41, 5.74) is 7.11. The number of nitrogens with two attached hydrogens (primary N) is 1. The maximum Gasteiger partial charge on any atom is 0.251 e. The second kappa shape index (κ2) is 11.0. The van der Waals surface area contributed by atoms with Crippen LogP contribution in [0.4, 0.5) is 5.00 Å². The summed E-state index contributed by atoms with van der Waals surface area (Å²) in [5.74, 6) is 0.967. The number of thioether (sulfide) groups is 2. The van der Waals surface area contributed by atoms with Crippen molar-refractivity contribution in [1.29, 1.82) is 0 Å². The van der Waals surface area contributed by atoms with Crippen LogP contribution in [0, 0.1) is 0 Å². The van der Waals surface area contributed by atoms with Gasteiger partial charge in [0.1, 0.15) is 10.8 Å². The van der Waals surface area contributed by atoms with E-state index >= 15 is 0 Å². The first-order chi connectivity index (χ1) is 16.1. The zero-order valence-corrected chi connectivity index (χ0v) is 20.5. The molecule has 3 aromatic rings. The molecule has 3 N–H and O–H groups in total. The molecule has 0 unspecified atom stereocenters. The molecule has 2 heterocycles. The molecule has 0 saturated carbocycles. The summed E-state index contributed by atoms with van der Waals surface area (Å²) in [6.07, 6.45) is 5.69. The number of aromatic nitrogens is 3. The van der Waals surface area contributed by atoms with Gasteiger partial charge in [0.25, 0.3) is 5.91 Å². The molecule has 0 bridgehead atoms. The summed E-state index contributed by atoms with van der Waals surface area (Å²) in [6.45, 7) is 4.39. The van der Waals surface area contributed by atoms with Gasteiger partial charge in [-0.2, -0.15) is 0 Å². The Labute approximate surface area is 205 Å². The fourth-order valence-electron chi connectivity index (χ4n) is 3.72. The molecular formula is C23H25N5O2S3. The first-order valence-electron chi connectivity index (χ1n) is 10.6. The zero-order chi connectivity index (χ0) is 23.2. The van der Waals surface area contributed by atoms with Crippen molar-refractivity contribution >= 4 is 51.7 Å². The van der Waals surface area contributed by atoms with E-state index < -0.39 is 5.91 Å². The predicted molar refractivity (Wildman–Crippen MR) is 135 cm³/mol. The van der Waals surface area contributed by atoms with Gasteiger partial charge >= 0.3 is 0 Å². The number of fused-ring (bicyclic) bond motifs is 1. The van der Waals surface area contributed by atoms with Gasteiger partial charge < -0.3 is 15.6 Å². The predicted octanol–water partition coefficient (Wildman–Crippen LogP) is 4.53. The Morgan fingerprint density at radius 1 is 1.18 bits per heavy atom. The van der Waals surface area contributed by atoms with E-state index in [1.807, 2.05) is 22.8 Å². The third-order valence-electron chi connectivity index (χ3n) is 5.22. The van der Waals surface area contributed by atoms with Crippen molar-refractivity contribution in [3.8, 4) is 0 Å². The molecule has 1 aliphatic rings. The van der Waals surface area contributed by atoms with E-state index in [1.54, 1.807) is 17.8 Å². The molecule has 0 spiro atoms. The van der Waals surface area contributed by atoms with Crippen LogP contribution in [0.5, 0.6) is 0 Å². The normalized spacial score (nSPS) is 12.8. The number of nitrogens with one attached hydrogen (secondary N) is 1. The van der Waals surface area contributed by atoms with Gasteiger partial charge in [0.05, 0.1) is 17.1 Å². The van der Waals surface area contributed by atoms with Gasteiger partial charge in [0.15, 0.2) is 5.16 Å². The van der Waals surface area contributed by atoms with Crippen molar-refractivity contribution in [3.05, 3.63) is 64.8 Å². The van der Waals surface area contributed by atoms with Crippen molar-refractivity contribution in [2.45, 2.75) is 48.0 Å². The summed E-state index contributed by atoms with van der Waals surface area (Å²) in [6, 6.07) is 10.1. The van der Waals surface area contributed by atoms with Crippen LogP contribution in [0.15, 0.2) is 53.0 Å². The van der Waals surface area contributed by atoms with Crippen LogP contribution in [0.25, 0.3) is 0 Å². The number of hydrogen-bond donors (Lipinski definition) is 2. The molecule has 0 saturated heterocycles. The van der Waals surface area contributed by atoms with Crippen LogP contribution < -0.4 is 11.1 Å². The minimum Gasteiger partial charge on any atom is -0.365 e. The number of hydrogen-bond acceptors (Lipinski definition) is 7. The van der Waals surface area contributed by atoms with E-state index in [2.05, 4.69) is 34.2 Å². The molecule has 33 heavy (non-hydrogen) atoms. The highest BCUT2D eigenvalue weighted by Gasteiger charge is 2.25. The van der Waals surface area contributed by atoms with Gasteiger partial charge in [-0.15, -0.1) is 39.9 Å². The topological polar surface area (TPSA) is 103 Å². The largest absolute Gasteiger partial charge is 0.365 e. The van der Waals surface area contributed by atoms with Gasteiger partial charge in [-0.05, 0) is 43.4 Å². The first kappa shape index (κ1) is 23.6. The fourth-order valence-corrected chi connectivity index (χ4v) is 6.65. The summed E-state index contributed by atoms with van der Waals surface area (Å²) in [5, 5.41) is 12.7. The Morgan fingerprint density at radius 2 is 1.97 bits per heavy atom. The number of thiophene rings is 1. The number of primary amides is 1. The summed E-state index contributed by atoms with van der Waals surface area (Å²) >= 11 is 4.47. The molecular weight excluding hydrogens is 474 g/mol. The van der Waals surface area contributed by atoms with Crippen molar-refractivity contribution in [2.24, 2.45) is 5.73 Å². The molecule has 172 valence electrons. The van der Waals surface area contributed by atoms with Crippen molar-refractivity contribution in [1.82, 2.24) is 14.8 Å². The summed E-state index contributed by atoms with van der Waals surface area (Å²) in [7, 11) is 0. The number of amides is 2. The second-order valence-electron chi connectivity index (χ2n) is 7.52. The molecule has 0 aliphatic heterocycles. The quantitative estimate of drug-likeness (QED) is 0.314. The van der Waals surface area contributed by atoms with E-state index in [0.29, 0.717) is 28.0 Å². The van der Waals surface area contributed by atoms with Gasteiger partial charge in [-0.25, -0.2) is 0 Å². The highest BCUT2D eigenvalue weighted by atomic mass is 32.2. The van der Waals surface area contributed by atoms with Crippen LogP contribution in [0.3, 0.4) is 0 Å². The number of nitrogens with zero attached hydrogens (tertiary/aromatic N) is 3. The SMILES string of the molecule is C=CCn1c(CSc2ccccc2)nnc1SCC(=O)Nc1sc2c(c1C(N)=O)CCCC2. The fraction of sp³-hybridized carbons (Fsp3) is 0.304. The van der Waals surface area contributed by atoms with Crippen LogP contribution in [-0.4, -0.2) is 32.3 Å². The first-order valence-corrected chi connectivity index (χ1v) is 13.4. The standard InChI is InChI=1S/C23H25N5O2S3/c1-2-12-28-18(13-31-15-8-4-3-5-9-15)26-27-23(28)32-14-19(29)25-22-20(21(24)30)16-10-6-7-11-17(16)33-22/h2-5,8-9H,1,6-7,10-14H2,(H2,24,30)(H,25,29). The van der Waals surface area contributed by atoms with Gasteiger partial charge in [0, 0.05) is 16.3 Å². The molecule has 0 radical (unpaired) electrons. The monoisotopic (exact) mass is 499 g/mol.